The van der Waals surface area contributed by atoms with Crippen LogP contribution in [0.2, 0.25) is 0 Å². The maximum atomic E-state index is 11.8. The molecular weight excluding hydrogens is 200 g/mol. The number of nitrogens with one attached hydrogen (secondary N) is 2. The third kappa shape index (κ3) is 4.97. The molecule has 1 unspecified atom stereocenters. The number of carbonyl (C=O) groups is 1. The summed E-state index contributed by atoms with van der Waals surface area (Å²) >= 11 is 0. The summed E-state index contributed by atoms with van der Waals surface area (Å²) in [5.74, 6) is 0.854. The maximum Gasteiger partial charge on any atom is 0.220 e. The zero-order chi connectivity index (χ0) is 11.8. The molecule has 0 spiro atoms. The van der Waals surface area contributed by atoms with E-state index in [9.17, 15) is 4.79 Å². The first-order chi connectivity index (χ1) is 7.76. The third-order valence-electron chi connectivity index (χ3n) is 3.43. The summed E-state index contributed by atoms with van der Waals surface area (Å²) in [6.07, 6.45) is 6.32. The van der Waals surface area contributed by atoms with E-state index >= 15 is 0 Å². The second-order valence-electron chi connectivity index (χ2n) is 4.86. The van der Waals surface area contributed by atoms with Crippen LogP contribution in [0.4, 0.5) is 0 Å². The van der Waals surface area contributed by atoms with Gasteiger partial charge < -0.3 is 10.6 Å². The van der Waals surface area contributed by atoms with Gasteiger partial charge in [0, 0.05) is 12.5 Å². The fourth-order valence-electron chi connectivity index (χ4n) is 2.36. The fourth-order valence-corrected chi connectivity index (χ4v) is 2.36. The number of piperidine rings is 1. The van der Waals surface area contributed by atoms with Gasteiger partial charge in [0.15, 0.2) is 0 Å². The van der Waals surface area contributed by atoms with Crippen LogP contribution in [0, 0.1) is 5.92 Å². The van der Waals surface area contributed by atoms with Gasteiger partial charge >= 0.3 is 0 Å². The molecule has 3 heteroatoms. The van der Waals surface area contributed by atoms with Gasteiger partial charge in [-0.05, 0) is 44.7 Å². The van der Waals surface area contributed by atoms with E-state index < -0.39 is 0 Å². The van der Waals surface area contributed by atoms with E-state index in [-0.39, 0.29) is 5.91 Å². The molecule has 1 fully saturated rings. The molecule has 94 valence electrons. The van der Waals surface area contributed by atoms with E-state index in [4.69, 9.17) is 0 Å². The van der Waals surface area contributed by atoms with Crippen LogP contribution < -0.4 is 10.6 Å². The molecule has 0 saturated carbocycles. The average Bonchev–Trinajstić information content (AvgIpc) is 2.29. The second kappa shape index (κ2) is 7.66. The minimum Gasteiger partial charge on any atom is -0.353 e. The minimum atomic E-state index is 0.257. The van der Waals surface area contributed by atoms with Crippen molar-refractivity contribution in [2.75, 3.05) is 13.1 Å². The second-order valence-corrected chi connectivity index (χ2v) is 4.86. The van der Waals surface area contributed by atoms with Crippen LogP contribution >= 0.6 is 0 Å². The summed E-state index contributed by atoms with van der Waals surface area (Å²) in [7, 11) is 0. The highest BCUT2D eigenvalue weighted by Gasteiger charge is 2.18. The highest BCUT2D eigenvalue weighted by Crippen LogP contribution is 2.15. The van der Waals surface area contributed by atoms with Crippen molar-refractivity contribution in [3.05, 3.63) is 0 Å². The fraction of sp³-hybridized carbons (Fsp3) is 0.923. The molecule has 0 aromatic rings. The molecule has 1 heterocycles. The SMILES string of the molecule is CCCC(CC)NC(=O)CC1CCNCC1. The summed E-state index contributed by atoms with van der Waals surface area (Å²) in [6, 6.07) is 0.388. The van der Waals surface area contributed by atoms with Gasteiger partial charge in [-0.25, -0.2) is 0 Å². The number of carbonyl (C=O) groups excluding carboxylic acids is 1. The van der Waals surface area contributed by atoms with Gasteiger partial charge in [-0.15, -0.1) is 0 Å². The zero-order valence-electron chi connectivity index (χ0n) is 10.7. The van der Waals surface area contributed by atoms with Crippen LogP contribution in [0.15, 0.2) is 0 Å². The summed E-state index contributed by atoms with van der Waals surface area (Å²) in [4.78, 5) is 11.8. The Morgan fingerprint density at radius 2 is 2.06 bits per heavy atom. The summed E-state index contributed by atoms with van der Waals surface area (Å²) < 4.78 is 0. The predicted molar refractivity (Wildman–Crippen MR) is 67.3 cm³/mol. The van der Waals surface area contributed by atoms with Crippen LogP contribution in [-0.2, 0) is 4.79 Å². The van der Waals surface area contributed by atoms with Gasteiger partial charge in [0.25, 0.3) is 0 Å². The molecule has 1 rings (SSSR count). The lowest BCUT2D eigenvalue weighted by Gasteiger charge is -2.23. The number of hydrogen-bond acceptors (Lipinski definition) is 2. The maximum absolute atomic E-state index is 11.8. The average molecular weight is 226 g/mol. The Morgan fingerprint density at radius 1 is 1.38 bits per heavy atom. The highest BCUT2D eigenvalue weighted by molar-refractivity contribution is 5.76. The Balaban J connectivity index is 2.22. The zero-order valence-corrected chi connectivity index (χ0v) is 10.7. The topological polar surface area (TPSA) is 41.1 Å². The monoisotopic (exact) mass is 226 g/mol. The van der Waals surface area contributed by atoms with E-state index in [1.807, 2.05) is 0 Å². The molecule has 3 nitrogen and oxygen atoms in total. The highest BCUT2D eigenvalue weighted by atomic mass is 16.1. The lowest BCUT2D eigenvalue weighted by Crippen LogP contribution is -2.37. The Hall–Kier alpha value is -0.570. The molecule has 16 heavy (non-hydrogen) atoms. The van der Waals surface area contributed by atoms with Crippen molar-refractivity contribution in [2.45, 2.75) is 58.4 Å². The van der Waals surface area contributed by atoms with Gasteiger partial charge in [-0.2, -0.15) is 0 Å². The van der Waals surface area contributed by atoms with Crippen LogP contribution in [0.5, 0.6) is 0 Å². The van der Waals surface area contributed by atoms with Crippen molar-refractivity contribution >= 4 is 5.91 Å². The van der Waals surface area contributed by atoms with Gasteiger partial charge in [-0.1, -0.05) is 20.3 Å². The molecule has 1 atom stereocenters. The molecule has 1 saturated heterocycles. The summed E-state index contributed by atoms with van der Waals surface area (Å²) in [5, 5.41) is 6.48. The standard InChI is InChI=1S/C13H26N2O/c1-3-5-12(4-2)15-13(16)10-11-6-8-14-9-7-11/h11-12,14H,3-10H2,1-2H3,(H,15,16). The van der Waals surface area contributed by atoms with Crippen LogP contribution in [0.1, 0.15) is 52.4 Å². The van der Waals surface area contributed by atoms with Crippen molar-refractivity contribution in [2.24, 2.45) is 5.92 Å². The molecule has 1 aliphatic rings. The first-order valence-corrected chi connectivity index (χ1v) is 6.76. The van der Waals surface area contributed by atoms with Crippen molar-refractivity contribution in [3.63, 3.8) is 0 Å². The Kier molecular flexibility index (Phi) is 6.46. The number of hydrogen-bond donors (Lipinski definition) is 2. The van der Waals surface area contributed by atoms with Crippen molar-refractivity contribution in [1.29, 1.82) is 0 Å². The molecule has 2 N–H and O–H groups in total. The molecule has 1 amide bonds. The molecule has 0 aliphatic carbocycles. The predicted octanol–water partition coefficient (Wildman–Crippen LogP) is 2.07. The normalized spacial score (nSPS) is 19.4. The Labute approximate surface area is 99.4 Å². The van der Waals surface area contributed by atoms with Crippen LogP contribution in [0.25, 0.3) is 0 Å². The van der Waals surface area contributed by atoms with E-state index in [0.29, 0.717) is 12.0 Å². The van der Waals surface area contributed by atoms with Crippen molar-refractivity contribution in [3.8, 4) is 0 Å². The smallest absolute Gasteiger partial charge is 0.220 e. The van der Waals surface area contributed by atoms with Gasteiger partial charge in [0.2, 0.25) is 5.91 Å². The third-order valence-corrected chi connectivity index (χ3v) is 3.43. The van der Waals surface area contributed by atoms with E-state index in [0.717, 1.165) is 51.6 Å². The molecule has 0 bridgehead atoms. The first kappa shape index (κ1) is 13.5. The largest absolute Gasteiger partial charge is 0.353 e. The van der Waals surface area contributed by atoms with Crippen molar-refractivity contribution < 1.29 is 4.79 Å². The van der Waals surface area contributed by atoms with E-state index in [1.54, 1.807) is 0 Å². The minimum absolute atomic E-state index is 0.257. The van der Waals surface area contributed by atoms with Gasteiger partial charge in [0.1, 0.15) is 0 Å². The number of rotatable bonds is 6. The lowest BCUT2D eigenvalue weighted by molar-refractivity contribution is -0.123. The first-order valence-electron chi connectivity index (χ1n) is 6.76. The van der Waals surface area contributed by atoms with Gasteiger partial charge in [-0.3, -0.25) is 4.79 Å². The van der Waals surface area contributed by atoms with Crippen molar-refractivity contribution in [1.82, 2.24) is 10.6 Å². The van der Waals surface area contributed by atoms with E-state index in [2.05, 4.69) is 24.5 Å². The number of amides is 1. The van der Waals surface area contributed by atoms with Crippen LogP contribution in [0.3, 0.4) is 0 Å². The Morgan fingerprint density at radius 3 is 2.62 bits per heavy atom. The van der Waals surface area contributed by atoms with Gasteiger partial charge in [0.05, 0.1) is 0 Å². The van der Waals surface area contributed by atoms with Crippen LogP contribution in [-0.4, -0.2) is 25.0 Å². The summed E-state index contributed by atoms with van der Waals surface area (Å²) in [5.41, 5.74) is 0. The molecular formula is C13H26N2O. The summed E-state index contributed by atoms with van der Waals surface area (Å²) in [6.45, 7) is 6.46. The molecule has 0 aromatic carbocycles. The molecule has 1 aliphatic heterocycles. The quantitative estimate of drug-likeness (QED) is 0.728. The molecule has 0 aromatic heterocycles. The molecule has 0 radical (unpaired) electrons. The Bertz CT molecular complexity index is 191. The van der Waals surface area contributed by atoms with E-state index in [1.165, 1.54) is 0 Å². The lowest BCUT2D eigenvalue weighted by atomic mass is 9.94.